The quantitative estimate of drug-likeness (QED) is 0.771. The van der Waals surface area contributed by atoms with Crippen LogP contribution in [0.3, 0.4) is 0 Å². The molecule has 1 aromatic rings. The molecule has 1 unspecified atom stereocenters. The van der Waals surface area contributed by atoms with Crippen LogP contribution < -0.4 is 11.1 Å². The van der Waals surface area contributed by atoms with Gasteiger partial charge < -0.3 is 15.6 Å². The monoisotopic (exact) mass is 210 g/mol. The molecule has 0 radical (unpaired) electrons. The zero-order valence-electron chi connectivity index (χ0n) is 9.23. The van der Waals surface area contributed by atoms with Crippen LogP contribution >= 0.6 is 0 Å². The first-order chi connectivity index (χ1) is 7.18. The summed E-state index contributed by atoms with van der Waals surface area (Å²) in [7, 11) is 0. The van der Waals surface area contributed by atoms with Gasteiger partial charge in [-0.3, -0.25) is 0 Å². The van der Waals surface area contributed by atoms with E-state index in [1.807, 2.05) is 0 Å². The van der Waals surface area contributed by atoms with Crippen LogP contribution in [0, 0.1) is 5.92 Å². The fourth-order valence-electron chi connectivity index (χ4n) is 1.71. The van der Waals surface area contributed by atoms with Gasteiger partial charge in [0.2, 0.25) is 5.89 Å². The molecule has 0 saturated carbocycles. The molecule has 1 aliphatic rings. The van der Waals surface area contributed by atoms with Crippen LogP contribution in [0.25, 0.3) is 0 Å². The number of nitrogens with one attached hydrogen (secondary N) is 1. The summed E-state index contributed by atoms with van der Waals surface area (Å²) in [6.45, 7) is 6.06. The Labute approximate surface area is 89.4 Å². The van der Waals surface area contributed by atoms with Gasteiger partial charge in [-0.15, -0.1) is 0 Å². The van der Waals surface area contributed by atoms with Crippen molar-refractivity contribution in [1.82, 2.24) is 15.5 Å². The maximum atomic E-state index is 5.95. The molecule has 0 spiro atoms. The van der Waals surface area contributed by atoms with E-state index in [0.29, 0.717) is 17.7 Å². The minimum atomic E-state index is -0.128. The highest BCUT2D eigenvalue weighted by Gasteiger charge is 2.24. The molecule has 5 heteroatoms. The van der Waals surface area contributed by atoms with Crippen molar-refractivity contribution in [2.45, 2.75) is 32.2 Å². The van der Waals surface area contributed by atoms with Crippen LogP contribution in [0.2, 0.25) is 0 Å². The number of nitrogens with two attached hydrogens (primary N) is 1. The lowest BCUT2D eigenvalue weighted by Gasteiger charge is -2.09. The standard InChI is InChI=1S/C10H18N4O/c1-6(2)8(11)9-13-10(15-14-9)7-3-4-12-5-7/h6-8,12H,3-5,11H2,1-2H3/t7?,8-/m0/s1. The van der Waals surface area contributed by atoms with Gasteiger partial charge in [0.1, 0.15) is 0 Å². The second kappa shape index (κ2) is 4.28. The first-order valence-corrected chi connectivity index (χ1v) is 5.48. The molecule has 0 bridgehead atoms. The average molecular weight is 210 g/mol. The summed E-state index contributed by atoms with van der Waals surface area (Å²) >= 11 is 0. The number of hydrogen-bond acceptors (Lipinski definition) is 5. The van der Waals surface area contributed by atoms with Crippen molar-refractivity contribution in [1.29, 1.82) is 0 Å². The van der Waals surface area contributed by atoms with E-state index in [9.17, 15) is 0 Å². The minimum Gasteiger partial charge on any atom is -0.339 e. The third kappa shape index (κ3) is 2.18. The van der Waals surface area contributed by atoms with E-state index in [0.717, 1.165) is 25.4 Å². The molecule has 1 fully saturated rings. The number of rotatable bonds is 3. The Morgan fingerprint density at radius 1 is 1.53 bits per heavy atom. The lowest BCUT2D eigenvalue weighted by Crippen LogP contribution is -2.18. The number of aromatic nitrogens is 2. The summed E-state index contributed by atoms with van der Waals surface area (Å²) in [6, 6.07) is -0.128. The molecule has 0 aromatic carbocycles. The Balaban J connectivity index is 2.09. The number of nitrogens with zero attached hydrogens (tertiary/aromatic N) is 2. The van der Waals surface area contributed by atoms with Crippen molar-refractivity contribution in [3.8, 4) is 0 Å². The molecular formula is C10H18N4O. The lowest BCUT2D eigenvalue weighted by atomic mass is 10.1. The molecule has 5 nitrogen and oxygen atoms in total. The second-order valence-corrected chi connectivity index (χ2v) is 4.45. The smallest absolute Gasteiger partial charge is 0.231 e. The van der Waals surface area contributed by atoms with E-state index >= 15 is 0 Å². The van der Waals surface area contributed by atoms with Crippen LogP contribution in [0.4, 0.5) is 0 Å². The molecule has 15 heavy (non-hydrogen) atoms. The highest BCUT2D eigenvalue weighted by molar-refractivity contribution is 5.01. The third-order valence-electron chi connectivity index (χ3n) is 2.88. The lowest BCUT2D eigenvalue weighted by molar-refractivity contribution is 0.347. The first kappa shape index (κ1) is 10.6. The predicted molar refractivity (Wildman–Crippen MR) is 56.3 cm³/mol. The normalized spacial score (nSPS) is 23.6. The Morgan fingerprint density at radius 2 is 2.33 bits per heavy atom. The van der Waals surface area contributed by atoms with Crippen molar-refractivity contribution in [3.63, 3.8) is 0 Å². The van der Waals surface area contributed by atoms with E-state index in [-0.39, 0.29) is 6.04 Å². The fraction of sp³-hybridized carbons (Fsp3) is 0.800. The van der Waals surface area contributed by atoms with Crippen LogP contribution in [-0.2, 0) is 0 Å². The molecule has 1 saturated heterocycles. The topological polar surface area (TPSA) is 77.0 Å². The van der Waals surface area contributed by atoms with E-state index in [1.165, 1.54) is 0 Å². The Kier molecular flexibility index (Phi) is 3.02. The Hall–Kier alpha value is -0.940. The van der Waals surface area contributed by atoms with Crippen molar-refractivity contribution in [2.75, 3.05) is 13.1 Å². The summed E-state index contributed by atoms with van der Waals surface area (Å²) < 4.78 is 5.24. The van der Waals surface area contributed by atoms with E-state index in [2.05, 4.69) is 29.3 Å². The van der Waals surface area contributed by atoms with Gasteiger partial charge in [-0.25, -0.2) is 0 Å². The average Bonchev–Trinajstić information content (AvgIpc) is 2.86. The molecule has 3 N–H and O–H groups in total. The molecule has 2 atom stereocenters. The number of hydrogen-bond donors (Lipinski definition) is 2. The summed E-state index contributed by atoms with van der Waals surface area (Å²) in [5, 5.41) is 7.22. The fourth-order valence-corrected chi connectivity index (χ4v) is 1.71. The van der Waals surface area contributed by atoms with Gasteiger partial charge >= 0.3 is 0 Å². The molecule has 2 heterocycles. The molecule has 2 rings (SSSR count). The van der Waals surface area contributed by atoms with Gasteiger partial charge in [-0.05, 0) is 18.9 Å². The van der Waals surface area contributed by atoms with Crippen molar-refractivity contribution in [2.24, 2.45) is 11.7 Å². The maximum Gasteiger partial charge on any atom is 0.231 e. The summed E-state index contributed by atoms with van der Waals surface area (Å²) in [4.78, 5) is 4.37. The minimum absolute atomic E-state index is 0.128. The van der Waals surface area contributed by atoms with Crippen LogP contribution in [0.15, 0.2) is 4.52 Å². The van der Waals surface area contributed by atoms with Crippen LogP contribution in [0.1, 0.15) is 43.9 Å². The van der Waals surface area contributed by atoms with Crippen molar-refractivity contribution >= 4 is 0 Å². The molecule has 0 aliphatic carbocycles. The summed E-state index contributed by atoms with van der Waals surface area (Å²) in [5.41, 5.74) is 5.95. The maximum absolute atomic E-state index is 5.95. The molecule has 0 amide bonds. The van der Waals surface area contributed by atoms with Crippen LogP contribution in [-0.4, -0.2) is 23.2 Å². The zero-order chi connectivity index (χ0) is 10.8. The molecule has 1 aliphatic heterocycles. The molecule has 84 valence electrons. The SMILES string of the molecule is CC(C)[C@H](N)c1noc(C2CCNC2)n1. The van der Waals surface area contributed by atoms with E-state index in [1.54, 1.807) is 0 Å². The van der Waals surface area contributed by atoms with Gasteiger partial charge in [-0.1, -0.05) is 19.0 Å². The Morgan fingerprint density at radius 3 is 2.93 bits per heavy atom. The van der Waals surface area contributed by atoms with Crippen molar-refractivity contribution < 1.29 is 4.52 Å². The van der Waals surface area contributed by atoms with Gasteiger partial charge in [0, 0.05) is 6.54 Å². The Bertz CT molecular complexity index is 300. The van der Waals surface area contributed by atoms with Gasteiger partial charge in [0.05, 0.1) is 12.0 Å². The van der Waals surface area contributed by atoms with Crippen molar-refractivity contribution in [3.05, 3.63) is 11.7 Å². The third-order valence-corrected chi connectivity index (χ3v) is 2.88. The van der Waals surface area contributed by atoms with Gasteiger partial charge in [0.15, 0.2) is 5.82 Å². The highest BCUT2D eigenvalue weighted by Crippen LogP contribution is 2.23. The highest BCUT2D eigenvalue weighted by atomic mass is 16.5. The van der Waals surface area contributed by atoms with E-state index < -0.39 is 0 Å². The van der Waals surface area contributed by atoms with Crippen LogP contribution in [0.5, 0.6) is 0 Å². The summed E-state index contributed by atoms with van der Waals surface area (Å²) in [5.74, 6) is 2.06. The summed E-state index contributed by atoms with van der Waals surface area (Å²) in [6.07, 6.45) is 1.07. The zero-order valence-corrected chi connectivity index (χ0v) is 9.23. The molecular weight excluding hydrogens is 192 g/mol. The van der Waals surface area contributed by atoms with Gasteiger partial charge in [0.25, 0.3) is 0 Å². The predicted octanol–water partition coefficient (Wildman–Crippen LogP) is 0.802. The largest absolute Gasteiger partial charge is 0.339 e. The molecule has 1 aromatic heterocycles. The first-order valence-electron chi connectivity index (χ1n) is 5.48. The second-order valence-electron chi connectivity index (χ2n) is 4.45. The van der Waals surface area contributed by atoms with Gasteiger partial charge in [-0.2, -0.15) is 4.98 Å². The van der Waals surface area contributed by atoms with E-state index in [4.69, 9.17) is 10.3 Å².